The summed E-state index contributed by atoms with van der Waals surface area (Å²) in [5, 5.41) is 9.80. The van der Waals surface area contributed by atoms with Gasteiger partial charge in [0.05, 0.1) is 6.10 Å². The van der Waals surface area contributed by atoms with Crippen LogP contribution in [0.3, 0.4) is 0 Å². The van der Waals surface area contributed by atoms with E-state index < -0.39 is 6.10 Å². The van der Waals surface area contributed by atoms with E-state index in [2.05, 4.69) is 6.92 Å². The van der Waals surface area contributed by atoms with E-state index in [0.717, 1.165) is 19.3 Å². The molecule has 0 aliphatic carbocycles. The molecule has 0 bridgehead atoms. The maximum atomic E-state index is 11.2. The third kappa shape index (κ3) is 21.6. The Labute approximate surface area is 169 Å². The van der Waals surface area contributed by atoms with Crippen LogP contribution in [0.1, 0.15) is 136 Å². The number of rotatable bonds is 21. The topological polar surface area (TPSA) is 46.5 Å². The van der Waals surface area contributed by atoms with Gasteiger partial charge in [0, 0.05) is 6.42 Å². The molecule has 0 saturated carbocycles. The number of carbonyl (C=O) groups is 1. The van der Waals surface area contributed by atoms with Crippen molar-refractivity contribution in [3.05, 3.63) is 0 Å². The van der Waals surface area contributed by atoms with Crippen molar-refractivity contribution in [3.63, 3.8) is 0 Å². The Morgan fingerprint density at radius 3 is 1.48 bits per heavy atom. The third-order valence-corrected chi connectivity index (χ3v) is 5.28. The molecular formula is C24H48O3. The van der Waals surface area contributed by atoms with Gasteiger partial charge in [-0.15, -0.1) is 0 Å². The lowest BCUT2D eigenvalue weighted by Crippen LogP contribution is -2.18. The summed E-state index contributed by atoms with van der Waals surface area (Å²) >= 11 is 0. The number of hydrogen-bond donors (Lipinski definition) is 1. The van der Waals surface area contributed by atoms with Crippen LogP contribution in [-0.2, 0) is 9.53 Å². The average molecular weight is 385 g/mol. The summed E-state index contributed by atoms with van der Waals surface area (Å²) in [6.07, 6.45) is 23.2. The Kier molecular flexibility index (Phi) is 21.3. The second kappa shape index (κ2) is 21.7. The Balaban J connectivity index is 3.15. The van der Waals surface area contributed by atoms with Gasteiger partial charge in [-0.2, -0.15) is 0 Å². The van der Waals surface area contributed by atoms with E-state index in [9.17, 15) is 9.90 Å². The van der Waals surface area contributed by atoms with Crippen molar-refractivity contribution in [3.8, 4) is 0 Å². The third-order valence-electron chi connectivity index (χ3n) is 5.28. The molecule has 0 heterocycles. The predicted molar refractivity (Wildman–Crippen MR) is 116 cm³/mol. The zero-order valence-corrected chi connectivity index (χ0v) is 18.5. The molecule has 0 spiro atoms. The van der Waals surface area contributed by atoms with Crippen molar-refractivity contribution in [2.75, 3.05) is 6.61 Å². The molecule has 0 aromatic heterocycles. The minimum Gasteiger partial charge on any atom is -0.463 e. The van der Waals surface area contributed by atoms with E-state index in [1.165, 1.54) is 96.3 Å². The first-order chi connectivity index (χ1) is 13.2. The molecule has 0 fully saturated rings. The van der Waals surface area contributed by atoms with Gasteiger partial charge in [-0.1, -0.05) is 117 Å². The number of aliphatic hydroxyl groups excluding tert-OH is 1. The van der Waals surface area contributed by atoms with Gasteiger partial charge in [0.15, 0.2) is 0 Å². The van der Waals surface area contributed by atoms with Gasteiger partial charge in [0.2, 0.25) is 0 Å². The highest BCUT2D eigenvalue weighted by atomic mass is 16.5. The Hall–Kier alpha value is -0.570. The van der Waals surface area contributed by atoms with Crippen molar-refractivity contribution in [1.82, 2.24) is 0 Å². The van der Waals surface area contributed by atoms with Gasteiger partial charge in [-0.05, 0) is 12.8 Å². The molecular weight excluding hydrogens is 336 g/mol. The van der Waals surface area contributed by atoms with Crippen LogP contribution in [0.2, 0.25) is 0 Å². The maximum Gasteiger partial charge on any atom is 0.305 e. The van der Waals surface area contributed by atoms with E-state index in [-0.39, 0.29) is 12.6 Å². The Morgan fingerprint density at radius 2 is 1.07 bits per heavy atom. The Morgan fingerprint density at radius 1 is 0.667 bits per heavy atom. The lowest BCUT2D eigenvalue weighted by molar-refractivity contribution is -0.146. The molecule has 3 heteroatoms. The van der Waals surface area contributed by atoms with Crippen LogP contribution in [0, 0.1) is 0 Å². The summed E-state index contributed by atoms with van der Waals surface area (Å²) in [4.78, 5) is 11.2. The van der Waals surface area contributed by atoms with Crippen LogP contribution in [0.25, 0.3) is 0 Å². The standard InChI is InChI=1S/C24H48O3/c1-3-5-6-7-8-9-10-11-12-13-14-15-16-17-18-19-21-23(25)22-27-24(26)20-4-2/h23,25H,3-22H2,1-2H3. The minimum atomic E-state index is -0.488. The molecule has 162 valence electrons. The molecule has 0 aliphatic rings. The molecule has 0 aromatic rings. The highest BCUT2D eigenvalue weighted by Gasteiger charge is 2.07. The number of carbonyl (C=O) groups excluding carboxylic acids is 1. The second-order valence-corrected chi connectivity index (χ2v) is 8.18. The van der Waals surface area contributed by atoms with Crippen LogP contribution in [0.5, 0.6) is 0 Å². The monoisotopic (exact) mass is 384 g/mol. The molecule has 1 unspecified atom stereocenters. The van der Waals surface area contributed by atoms with Gasteiger partial charge in [0.25, 0.3) is 0 Å². The molecule has 1 atom stereocenters. The quantitative estimate of drug-likeness (QED) is 0.166. The zero-order valence-electron chi connectivity index (χ0n) is 18.5. The molecule has 0 rings (SSSR count). The van der Waals surface area contributed by atoms with Gasteiger partial charge in [0.1, 0.15) is 6.61 Å². The highest BCUT2D eigenvalue weighted by Crippen LogP contribution is 2.14. The van der Waals surface area contributed by atoms with Gasteiger partial charge < -0.3 is 9.84 Å². The van der Waals surface area contributed by atoms with Crippen molar-refractivity contribution in [2.45, 2.75) is 142 Å². The fourth-order valence-corrected chi connectivity index (χ4v) is 3.48. The van der Waals surface area contributed by atoms with Crippen LogP contribution in [-0.4, -0.2) is 23.8 Å². The highest BCUT2D eigenvalue weighted by molar-refractivity contribution is 5.69. The molecule has 0 aromatic carbocycles. The van der Waals surface area contributed by atoms with Gasteiger partial charge >= 0.3 is 5.97 Å². The molecule has 27 heavy (non-hydrogen) atoms. The van der Waals surface area contributed by atoms with E-state index in [1.807, 2.05) is 6.92 Å². The van der Waals surface area contributed by atoms with Gasteiger partial charge in [-0.3, -0.25) is 4.79 Å². The molecule has 0 saturated heterocycles. The van der Waals surface area contributed by atoms with E-state index in [0.29, 0.717) is 6.42 Å². The average Bonchev–Trinajstić information content (AvgIpc) is 2.66. The summed E-state index contributed by atoms with van der Waals surface area (Å²) < 4.78 is 5.03. The fourth-order valence-electron chi connectivity index (χ4n) is 3.48. The fraction of sp³-hybridized carbons (Fsp3) is 0.958. The number of unbranched alkanes of at least 4 members (excludes halogenated alkanes) is 15. The maximum absolute atomic E-state index is 11.2. The largest absolute Gasteiger partial charge is 0.463 e. The SMILES string of the molecule is CCCCCCCCCCCCCCCCCCC(O)COC(=O)CCC. The number of hydrogen-bond acceptors (Lipinski definition) is 3. The number of ether oxygens (including phenoxy) is 1. The molecule has 3 nitrogen and oxygen atoms in total. The normalized spacial score (nSPS) is 12.3. The lowest BCUT2D eigenvalue weighted by Gasteiger charge is -2.11. The summed E-state index contributed by atoms with van der Waals surface area (Å²) in [6.45, 7) is 4.39. The minimum absolute atomic E-state index is 0.164. The van der Waals surface area contributed by atoms with Crippen molar-refractivity contribution in [2.24, 2.45) is 0 Å². The Bertz CT molecular complexity index is 304. The first-order valence-corrected chi connectivity index (χ1v) is 12.0. The smallest absolute Gasteiger partial charge is 0.305 e. The molecule has 0 radical (unpaired) electrons. The van der Waals surface area contributed by atoms with Crippen molar-refractivity contribution >= 4 is 5.97 Å². The summed E-state index contributed by atoms with van der Waals surface area (Å²) in [6, 6.07) is 0. The van der Waals surface area contributed by atoms with Gasteiger partial charge in [-0.25, -0.2) is 0 Å². The first-order valence-electron chi connectivity index (χ1n) is 12.0. The zero-order chi connectivity index (χ0) is 20.0. The molecule has 0 amide bonds. The number of esters is 1. The van der Waals surface area contributed by atoms with Crippen LogP contribution in [0.4, 0.5) is 0 Å². The summed E-state index contributed by atoms with van der Waals surface area (Å²) in [5.74, 6) is -0.191. The second-order valence-electron chi connectivity index (χ2n) is 8.18. The first kappa shape index (κ1) is 26.4. The van der Waals surface area contributed by atoms with E-state index in [4.69, 9.17) is 4.74 Å². The van der Waals surface area contributed by atoms with Crippen molar-refractivity contribution in [1.29, 1.82) is 0 Å². The van der Waals surface area contributed by atoms with E-state index >= 15 is 0 Å². The number of aliphatic hydroxyl groups is 1. The molecule has 1 N–H and O–H groups in total. The van der Waals surface area contributed by atoms with Crippen LogP contribution >= 0.6 is 0 Å². The predicted octanol–water partition coefficient (Wildman–Crippen LogP) is 7.34. The summed E-state index contributed by atoms with van der Waals surface area (Å²) in [5.41, 5.74) is 0. The lowest BCUT2D eigenvalue weighted by atomic mass is 10.0. The molecule has 0 aliphatic heterocycles. The summed E-state index contributed by atoms with van der Waals surface area (Å²) in [7, 11) is 0. The van der Waals surface area contributed by atoms with Crippen molar-refractivity contribution < 1.29 is 14.6 Å². The van der Waals surface area contributed by atoms with Crippen LogP contribution in [0.15, 0.2) is 0 Å². The van der Waals surface area contributed by atoms with E-state index in [1.54, 1.807) is 0 Å². The van der Waals surface area contributed by atoms with Crippen LogP contribution < -0.4 is 0 Å².